The lowest BCUT2D eigenvalue weighted by Gasteiger charge is -2.15. The van der Waals surface area contributed by atoms with Gasteiger partial charge in [0.25, 0.3) is 0 Å². The van der Waals surface area contributed by atoms with Gasteiger partial charge in [-0.05, 0) is 25.0 Å². The van der Waals surface area contributed by atoms with Crippen LogP contribution >= 0.6 is 0 Å². The normalized spacial score (nSPS) is 20.9. The molecule has 2 heterocycles. The molecule has 3 nitrogen and oxygen atoms in total. The van der Waals surface area contributed by atoms with E-state index >= 15 is 0 Å². The minimum atomic E-state index is 0.284. The molecule has 1 amide bonds. The van der Waals surface area contributed by atoms with Crippen LogP contribution in [0.1, 0.15) is 37.9 Å². The molecule has 1 atom stereocenters. The van der Waals surface area contributed by atoms with Crippen molar-refractivity contribution in [3.05, 3.63) is 24.2 Å². The maximum Gasteiger partial charge on any atom is 0.222 e. The van der Waals surface area contributed by atoms with Crippen molar-refractivity contribution < 1.29 is 9.21 Å². The summed E-state index contributed by atoms with van der Waals surface area (Å²) in [7, 11) is 0. The number of carbonyl (C=O) groups excluding carboxylic acids is 1. The Morgan fingerprint density at radius 3 is 3.20 bits per heavy atom. The summed E-state index contributed by atoms with van der Waals surface area (Å²) in [4.78, 5) is 13.6. The van der Waals surface area contributed by atoms with Crippen LogP contribution in [0.25, 0.3) is 0 Å². The fraction of sp³-hybridized carbons (Fsp3) is 0.583. The van der Waals surface area contributed by atoms with Gasteiger partial charge < -0.3 is 9.32 Å². The zero-order valence-corrected chi connectivity index (χ0v) is 9.11. The number of furan rings is 1. The third-order valence-corrected chi connectivity index (χ3v) is 2.95. The Hall–Kier alpha value is -1.25. The van der Waals surface area contributed by atoms with Crippen LogP contribution in [-0.2, 0) is 4.79 Å². The lowest BCUT2D eigenvalue weighted by molar-refractivity contribution is -0.130. The van der Waals surface area contributed by atoms with Crippen LogP contribution in [0.4, 0.5) is 0 Å². The summed E-state index contributed by atoms with van der Waals surface area (Å²) in [6, 6.07) is 3.91. The van der Waals surface area contributed by atoms with Crippen molar-refractivity contribution >= 4 is 5.91 Å². The zero-order chi connectivity index (χ0) is 10.7. The van der Waals surface area contributed by atoms with E-state index in [2.05, 4.69) is 0 Å². The Labute approximate surface area is 90.1 Å². The van der Waals surface area contributed by atoms with Crippen LogP contribution in [-0.4, -0.2) is 23.9 Å². The van der Waals surface area contributed by atoms with E-state index < -0.39 is 0 Å². The molecule has 1 aromatic rings. The monoisotopic (exact) mass is 207 g/mol. The van der Waals surface area contributed by atoms with E-state index in [1.807, 2.05) is 24.0 Å². The number of carbonyl (C=O) groups is 1. The first-order chi connectivity index (χ1) is 7.31. The third kappa shape index (κ3) is 2.22. The average Bonchev–Trinajstić information content (AvgIpc) is 2.89. The van der Waals surface area contributed by atoms with Crippen LogP contribution < -0.4 is 0 Å². The maximum atomic E-state index is 11.7. The zero-order valence-electron chi connectivity index (χ0n) is 9.11. The predicted octanol–water partition coefficient (Wildman–Crippen LogP) is 2.40. The Balaban J connectivity index is 1.92. The maximum absolute atomic E-state index is 11.7. The fourth-order valence-electron chi connectivity index (χ4n) is 2.11. The molecule has 82 valence electrons. The van der Waals surface area contributed by atoms with Gasteiger partial charge >= 0.3 is 0 Å². The number of hydrogen-bond acceptors (Lipinski definition) is 2. The van der Waals surface area contributed by atoms with Gasteiger partial charge in [0.15, 0.2) is 0 Å². The summed E-state index contributed by atoms with van der Waals surface area (Å²) in [6.07, 6.45) is 4.33. The highest BCUT2D eigenvalue weighted by Crippen LogP contribution is 2.27. The quantitative estimate of drug-likeness (QED) is 0.762. The summed E-state index contributed by atoms with van der Waals surface area (Å²) < 4.78 is 5.37. The topological polar surface area (TPSA) is 33.5 Å². The highest BCUT2D eigenvalue weighted by Gasteiger charge is 2.28. The second-order valence-electron chi connectivity index (χ2n) is 4.09. The number of nitrogens with zero attached hydrogens (tertiary/aromatic N) is 1. The molecular formula is C12H17NO2. The van der Waals surface area contributed by atoms with E-state index in [1.165, 1.54) is 0 Å². The standard InChI is InChI=1S/C12H17NO2/c1-2-4-12(14)13-7-6-10(9-13)11-5-3-8-15-11/h3,5,8,10H,2,4,6-7,9H2,1H3. The van der Waals surface area contributed by atoms with E-state index in [4.69, 9.17) is 4.42 Å². The second kappa shape index (κ2) is 4.51. The Bertz CT molecular complexity index is 318. The van der Waals surface area contributed by atoms with Gasteiger partial charge in [0.05, 0.1) is 6.26 Å². The van der Waals surface area contributed by atoms with Crippen molar-refractivity contribution in [2.45, 2.75) is 32.1 Å². The molecule has 1 saturated heterocycles. The molecular weight excluding hydrogens is 190 g/mol. The van der Waals surface area contributed by atoms with Crippen molar-refractivity contribution in [3.8, 4) is 0 Å². The van der Waals surface area contributed by atoms with Crippen molar-refractivity contribution in [3.63, 3.8) is 0 Å². The van der Waals surface area contributed by atoms with Gasteiger partial charge in [-0.25, -0.2) is 0 Å². The van der Waals surface area contributed by atoms with Crippen LogP contribution in [0.2, 0.25) is 0 Å². The van der Waals surface area contributed by atoms with E-state index in [0.29, 0.717) is 12.3 Å². The average molecular weight is 207 g/mol. The number of hydrogen-bond donors (Lipinski definition) is 0. The Kier molecular flexibility index (Phi) is 3.09. The van der Waals surface area contributed by atoms with Gasteiger partial charge in [-0.15, -0.1) is 0 Å². The van der Waals surface area contributed by atoms with Crippen molar-refractivity contribution in [2.75, 3.05) is 13.1 Å². The van der Waals surface area contributed by atoms with E-state index in [9.17, 15) is 4.79 Å². The van der Waals surface area contributed by atoms with Crippen LogP contribution in [0, 0.1) is 0 Å². The molecule has 2 rings (SSSR count). The molecule has 1 aliphatic heterocycles. The molecule has 0 radical (unpaired) electrons. The van der Waals surface area contributed by atoms with Crippen molar-refractivity contribution in [1.82, 2.24) is 4.90 Å². The number of rotatable bonds is 3. The smallest absolute Gasteiger partial charge is 0.222 e. The largest absolute Gasteiger partial charge is 0.469 e. The minimum absolute atomic E-state index is 0.284. The molecule has 0 bridgehead atoms. The summed E-state index contributed by atoms with van der Waals surface area (Å²) in [5.41, 5.74) is 0. The molecule has 3 heteroatoms. The summed E-state index contributed by atoms with van der Waals surface area (Å²) in [5.74, 6) is 1.70. The van der Waals surface area contributed by atoms with Crippen LogP contribution in [0.15, 0.2) is 22.8 Å². The molecule has 0 saturated carbocycles. The van der Waals surface area contributed by atoms with Gasteiger partial charge in [-0.3, -0.25) is 4.79 Å². The van der Waals surface area contributed by atoms with Crippen molar-refractivity contribution in [2.24, 2.45) is 0 Å². The van der Waals surface area contributed by atoms with Gasteiger partial charge in [0.1, 0.15) is 5.76 Å². The molecule has 0 aliphatic carbocycles. The Morgan fingerprint density at radius 1 is 1.67 bits per heavy atom. The second-order valence-corrected chi connectivity index (χ2v) is 4.09. The van der Waals surface area contributed by atoms with Gasteiger partial charge in [-0.1, -0.05) is 6.92 Å². The molecule has 1 unspecified atom stereocenters. The lowest BCUT2D eigenvalue weighted by Crippen LogP contribution is -2.27. The van der Waals surface area contributed by atoms with Crippen molar-refractivity contribution in [1.29, 1.82) is 0 Å². The van der Waals surface area contributed by atoms with Crippen LogP contribution in [0.5, 0.6) is 0 Å². The lowest BCUT2D eigenvalue weighted by atomic mass is 10.1. The minimum Gasteiger partial charge on any atom is -0.469 e. The highest BCUT2D eigenvalue weighted by atomic mass is 16.3. The first kappa shape index (κ1) is 10.3. The highest BCUT2D eigenvalue weighted by molar-refractivity contribution is 5.76. The van der Waals surface area contributed by atoms with E-state index in [1.54, 1.807) is 6.26 Å². The third-order valence-electron chi connectivity index (χ3n) is 2.95. The molecule has 15 heavy (non-hydrogen) atoms. The molecule has 0 N–H and O–H groups in total. The molecule has 1 fully saturated rings. The number of likely N-dealkylation sites (tertiary alicyclic amines) is 1. The molecule has 1 aromatic heterocycles. The molecule has 0 aromatic carbocycles. The summed E-state index contributed by atoms with van der Waals surface area (Å²) in [5, 5.41) is 0. The van der Waals surface area contributed by atoms with Gasteiger partial charge in [0.2, 0.25) is 5.91 Å². The molecule has 1 aliphatic rings. The fourth-order valence-corrected chi connectivity index (χ4v) is 2.11. The summed E-state index contributed by atoms with van der Waals surface area (Å²) in [6.45, 7) is 3.74. The Morgan fingerprint density at radius 2 is 2.53 bits per heavy atom. The molecule has 0 spiro atoms. The SMILES string of the molecule is CCCC(=O)N1CCC(c2ccco2)C1. The van der Waals surface area contributed by atoms with Crippen LogP contribution in [0.3, 0.4) is 0 Å². The first-order valence-corrected chi connectivity index (χ1v) is 5.62. The number of amides is 1. The van der Waals surface area contributed by atoms with Gasteiger partial charge in [-0.2, -0.15) is 0 Å². The summed E-state index contributed by atoms with van der Waals surface area (Å²) >= 11 is 0. The predicted molar refractivity (Wildman–Crippen MR) is 57.6 cm³/mol. The van der Waals surface area contributed by atoms with Gasteiger partial charge in [0, 0.05) is 25.4 Å². The van der Waals surface area contributed by atoms with E-state index in [0.717, 1.165) is 31.7 Å². The van der Waals surface area contributed by atoms with E-state index in [-0.39, 0.29) is 5.91 Å². The first-order valence-electron chi connectivity index (χ1n) is 5.62.